The Morgan fingerprint density at radius 3 is 2.15 bits per heavy atom. The highest BCUT2D eigenvalue weighted by molar-refractivity contribution is 7.92. The van der Waals surface area contributed by atoms with E-state index in [9.17, 15) is 18.0 Å². The first-order valence-corrected chi connectivity index (χ1v) is 15.7. The molecule has 0 bridgehead atoms. The van der Waals surface area contributed by atoms with Crippen molar-refractivity contribution in [3.63, 3.8) is 0 Å². The third kappa shape index (κ3) is 7.36. The highest BCUT2D eigenvalue weighted by Crippen LogP contribution is 2.28. The second kappa shape index (κ2) is 12.9. The third-order valence-corrected chi connectivity index (χ3v) is 9.59. The van der Waals surface area contributed by atoms with Crippen LogP contribution in [-0.4, -0.2) is 43.8 Å². The van der Waals surface area contributed by atoms with Crippen LogP contribution in [0.25, 0.3) is 0 Å². The Kier molecular flexibility index (Phi) is 9.53. The molecular formula is C33H41N3O4S. The number of rotatable bonds is 10. The van der Waals surface area contributed by atoms with Crippen molar-refractivity contribution in [1.82, 2.24) is 10.2 Å². The molecule has 1 N–H and O–H groups in total. The standard InChI is InChI=1S/C33H41N3O4S/c1-23-13-16-30(17-14-23)41(39,40)36(31-18-15-25(3)19-26(31)4)22-32(37)35(21-28-10-8-9-24(2)20-28)27(5)33(38)34-29-11-6-7-12-29/h8-10,13-20,27,29H,6-7,11-12,21-22H2,1-5H3,(H,34,38)/t27-/m1/s1. The van der Waals surface area contributed by atoms with E-state index in [2.05, 4.69) is 5.32 Å². The maximum absolute atomic E-state index is 14.1. The normalized spacial score (nSPS) is 14.5. The quantitative estimate of drug-likeness (QED) is 0.341. The molecule has 3 aromatic carbocycles. The van der Waals surface area contributed by atoms with Gasteiger partial charge in [-0.15, -0.1) is 0 Å². The zero-order valence-corrected chi connectivity index (χ0v) is 25.5. The van der Waals surface area contributed by atoms with Gasteiger partial charge in [0.15, 0.2) is 0 Å². The van der Waals surface area contributed by atoms with Crippen LogP contribution in [-0.2, 0) is 26.2 Å². The summed E-state index contributed by atoms with van der Waals surface area (Å²) in [4.78, 5) is 29.1. The molecule has 7 nitrogen and oxygen atoms in total. The van der Waals surface area contributed by atoms with Crippen molar-refractivity contribution in [2.75, 3.05) is 10.8 Å². The number of nitrogens with zero attached hydrogens (tertiary/aromatic N) is 2. The molecule has 1 fully saturated rings. The number of hydrogen-bond donors (Lipinski definition) is 1. The van der Waals surface area contributed by atoms with E-state index < -0.39 is 28.5 Å². The molecule has 218 valence electrons. The van der Waals surface area contributed by atoms with Crippen molar-refractivity contribution in [1.29, 1.82) is 0 Å². The summed E-state index contributed by atoms with van der Waals surface area (Å²) < 4.78 is 29.3. The minimum Gasteiger partial charge on any atom is -0.352 e. The van der Waals surface area contributed by atoms with E-state index in [4.69, 9.17) is 0 Å². The number of aryl methyl sites for hydroxylation is 4. The molecule has 0 unspecified atom stereocenters. The first kappa shape index (κ1) is 30.3. The van der Waals surface area contributed by atoms with Gasteiger partial charge in [0.25, 0.3) is 10.0 Å². The number of nitrogens with one attached hydrogen (secondary N) is 1. The van der Waals surface area contributed by atoms with Crippen molar-refractivity contribution in [2.24, 2.45) is 0 Å². The van der Waals surface area contributed by atoms with E-state index in [0.29, 0.717) is 5.69 Å². The smallest absolute Gasteiger partial charge is 0.264 e. The van der Waals surface area contributed by atoms with Gasteiger partial charge in [-0.25, -0.2) is 8.42 Å². The van der Waals surface area contributed by atoms with Gasteiger partial charge in [0, 0.05) is 12.6 Å². The lowest BCUT2D eigenvalue weighted by Crippen LogP contribution is -2.52. The average molecular weight is 576 g/mol. The van der Waals surface area contributed by atoms with Gasteiger partial charge in [-0.3, -0.25) is 13.9 Å². The van der Waals surface area contributed by atoms with Crippen LogP contribution >= 0.6 is 0 Å². The van der Waals surface area contributed by atoms with Gasteiger partial charge in [-0.05, 0) is 76.8 Å². The molecule has 0 spiro atoms. The van der Waals surface area contributed by atoms with Crippen LogP contribution in [0.5, 0.6) is 0 Å². The molecule has 3 aromatic rings. The van der Waals surface area contributed by atoms with Crippen molar-refractivity contribution in [3.8, 4) is 0 Å². The molecule has 0 saturated heterocycles. The van der Waals surface area contributed by atoms with Gasteiger partial charge in [0.05, 0.1) is 10.6 Å². The van der Waals surface area contributed by atoms with Crippen LogP contribution in [0.4, 0.5) is 5.69 Å². The molecule has 1 aliphatic rings. The van der Waals surface area contributed by atoms with Gasteiger partial charge in [-0.1, -0.05) is 78.1 Å². The van der Waals surface area contributed by atoms with Gasteiger partial charge in [-0.2, -0.15) is 0 Å². The Balaban J connectivity index is 1.71. The maximum atomic E-state index is 14.1. The Bertz CT molecular complexity index is 1500. The Hall–Kier alpha value is -3.65. The monoisotopic (exact) mass is 575 g/mol. The summed E-state index contributed by atoms with van der Waals surface area (Å²) >= 11 is 0. The molecule has 2 amide bonds. The van der Waals surface area contributed by atoms with Crippen LogP contribution in [0.1, 0.15) is 60.4 Å². The van der Waals surface area contributed by atoms with Crippen molar-refractivity contribution >= 4 is 27.5 Å². The second-order valence-electron chi connectivity index (χ2n) is 11.3. The zero-order valence-electron chi connectivity index (χ0n) is 24.7. The molecule has 41 heavy (non-hydrogen) atoms. The lowest BCUT2D eigenvalue weighted by Gasteiger charge is -2.33. The minimum absolute atomic E-state index is 0.105. The Morgan fingerprint density at radius 1 is 0.878 bits per heavy atom. The number of amides is 2. The Labute approximate surface area is 244 Å². The van der Waals surface area contributed by atoms with Gasteiger partial charge in [0.2, 0.25) is 11.8 Å². The third-order valence-electron chi connectivity index (χ3n) is 7.81. The maximum Gasteiger partial charge on any atom is 0.264 e. The van der Waals surface area contributed by atoms with Crippen LogP contribution in [0.3, 0.4) is 0 Å². The highest BCUT2D eigenvalue weighted by atomic mass is 32.2. The van der Waals surface area contributed by atoms with Crippen molar-refractivity contribution < 1.29 is 18.0 Å². The molecular weight excluding hydrogens is 534 g/mol. The summed E-state index contributed by atoms with van der Waals surface area (Å²) in [6.07, 6.45) is 4.01. The van der Waals surface area contributed by atoms with Gasteiger partial charge in [0.1, 0.15) is 12.6 Å². The zero-order chi connectivity index (χ0) is 29.7. The number of hydrogen-bond acceptors (Lipinski definition) is 4. The predicted octanol–water partition coefficient (Wildman–Crippen LogP) is 5.59. The summed E-state index contributed by atoms with van der Waals surface area (Å²) in [6.45, 7) is 9.11. The molecule has 1 atom stereocenters. The summed E-state index contributed by atoms with van der Waals surface area (Å²) in [5.41, 5.74) is 5.01. The van der Waals surface area contributed by atoms with Crippen LogP contribution in [0.15, 0.2) is 71.6 Å². The first-order valence-electron chi connectivity index (χ1n) is 14.3. The summed E-state index contributed by atoms with van der Waals surface area (Å²) in [5, 5.41) is 3.11. The van der Waals surface area contributed by atoms with Crippen LogP contribution < -0.4 is 9.62 Å². The lowest BCUT2D eigenvalue weighted by molar-refractivity contribution is -0.139. The fourth-order valence-corrected chi connectivity index (χ4v) is 6.90. The fourth-order valence-electron chi connectivity index (χ4n) is 5.42. The predicted molar refractivity (Wildman–Crippen MR) is 163 cm³/mol. The van der Waals surface area contributed by atoms with Crippen molar-refractivity contribution in [2.45, 2.75) is 83.8 Å². The van der Waals surface area contributed by atoms with Crippen LogP contribution in [0.2, 0.25) is 0 Å². The molecule has 0 aromatic heterocycles. The minimum atomic E-state index is -4.09. The number of anilines is 1. The summed E-state index contributed by atoms with van der Waals surface area (Å²) in [7, 11) is -4.09. The van der Waals surface area contributed by atoms with E-state index in [1.165, 1.54) is 9.21 Å². The number of carbonyl (C=O) groups is 2. The van der Waals surface area contributed by atoms with E-state index >= 15 is 0 Å². The van der Waals surface area contributed by atoms with Crippen LogP contribution in [0, 0.1) is 27.7 Å². The summed E-state index contributed by atoms with van der Waals surface area (Å²) in [5.74, 6) is -0.673. The van der Waals surface area contributed by atoms with Gasteiger partial charge < -0.3 is 10.2 Å². The van der Waals surface area contributed by atoms with Crippen molar-refractivity contribution in [3.05, 3.63) is 94.5 Å². The highest BCUT2D eigenvalue weighted by Gasteiger charge is 2.34. The topological polar surface area (TPSA) is 86.8 Å². The number of sulfonamides is 1. The summed E-state index contributed by atoms with van der Waals surface area (Å²) in [6, 6.07) is 19.2. The average Bonchev–Trinajstić information content (AvgIpc) is 3.43. The molecule has 0 aliphatic heterocycles. The fraction of sp³-hybridized carbons (Fsp3) is 0.394. The molecule has 8 heteroatoms. The van der Waals surface area contributed by atoms with E-state index in [0.717, 1.165) is 53.5 Å². The first-order chi connectivity index (χ1) is 19.5. The second-order valence-corrected chi connectivity index (χ2v) is 13.2. The lowest BCUT2D eigenvalue weighted by atomic mass is 10.1. The Morgan fingerprint density at radius 2 is 1.51 bits per heavy atom. The molecule has 1 aliphatic carbocycles. The van der Waals surface area contributed by atoms with Gasteiger partial charge >= 0.3 is 0 Å². The number of benzene rings is 3. The largest absolute Gasteiger partial charge is 0.352 e. The molecule has 0 radical (unpaired) electrons. The van der Waals surface area contributed by atoms with E-state index in [1.807, 2.05) is 64.1 Å². The molecule has 1 saturated carbocycles. The van der Waals surface area contributed by atoms with E-state index in [-0.39, 0.29) is 23.4 Å². The molecule has 0 heterocycles. The van der Waals surface area contributed by atoms with E-state index in [1.54, 1.807) is 37.3 Å². The number of carbonyl (C=O) groups excluding carboxylic acids is 2. The SMILES string of the molecule is Cc1ccc(S(=O)(=O)N(CC(=O)N(Cc2cccc(C)c2)[C@H](C)C(=O)NC2CCCC2)c2ccc(C)cc2C)cc1. The molecule has 4 rings (SSSR count).